The van der Waals surface area contributed by atoms with Crippen LogP contribution in [0.3, 0.4) is 0 Å². The average Bonchev–Trinajstić information content (AvgIpc) is 3.28. The molecule has 28 heavy (non-hydrogen) atoms. The third-order valence-electron chi connectivity index (χ3n) is 4.86. The maximum Gasteiger partial charge on any atom is 0.289 e. The number of amides is 3. The lowest BCUT2D eigenvalue weighted by Crippen LogP contribution is -2.50. The normalized spacial score (nSPS) is 14.1. The summed E-state index contributed by atoms with van der Waals surface area (Å²) in [6.45, 7) is 6.69. The summed E-state index contributed by atoms with van der Waals surface area (Å²) in [6.07, 6.45) is 2.95. The molecule has 0 N–H and O–H groups in total. The largest absolute Gasteiger partial charge is 0.459 e. The van der Waals surface area contributed by atoms with Gasteiger partial charge in [-0.15, -0.1) is 0 Å². The lowest BCUT2D eigenvalue weighted by atomic mass is 10.1. The van der Waals surface area contributed by atoms with E-state index in [0.29, 0.717) is 50.6 Å². The summed E-state index contributed by atoms with van der Waals surface area (Å²) in [6, 6.07) is 6.46. The van der Waals surface area contributed by atoms with Crippen LogP contribution in [0.15, 0.2) is 41.1 Å². The van der Waals surface area contributed by atoms with Gasteiger partial charge in [-0.2, -0.15) is 0 Å². The molecule has 148 valence electrons. The van der Waals surface area contributed by atoms with E-state index in [1.54, 1.807) is 39.0 Å². The molecular formula is C20H24N4O4. The Morgan fingerprint density at radius 1 is 1.04 bits per heavy atom. The van der Waals surface area contributed by atoms with Gasteiger partial charge in [-0.25, -0.2) is 0 Å². The topological polar surface area (TPSA) is 87.0 Å². The minimum absolute atomic E-state index is 0.166. The standard InChI is InChI=1S/C20H24N4O4/c1-3-22(4-2)19(26)16-14-15(7-8-21-16)18(25)23-9-11-24(12-10-23)20(27)17-6-5-13-28-17/h5-8,13-14H,3-4,9-12H2,1-2H3. The van der Waals surface area contributed by atoms with E-state index in [9.17, 15) is 14.4 Å². The smallest absolute Gasteiger partial charge is 0.289 e. The molecule has 1 fully saturated rings. The Bertz CT molecular complexity index is 838. The van der Waals surface area contributed by atoms with Gasteiger partial charge in [-0.05, 0) is 38.1 Å². The molecule has 3 amide bonds. The Kier molecular flexibility index (Phi) is 6.08. The Hall–Kier alpha value is -3.16. The van der Waals surface area contributed by atoms with Gasteiger partial charge < -0.3 is 19.1 Å². The Balaban J connectivity index is 1.64. The van der Waals surface area contributed by atoms with Gasteiger partial charge in [-0.1, -0.05) is 0 Å². The van der Waals surface area contributed by atoms with Crippen LogP contribution in [-0.2, 0) is 0 Å². The van der Waals surface area contributed by atoms with Crippen LogP contribution in [0, 0.1) is 0 Å². The van der Waals surface area contributed by atoms with Crippen molar-refractivity contribution < 1.29 is 18.8 Å². The number of rotatable bonds is 5. The van der Waals surface area contributed by atoms with Gasteiger partial charge in [0.25, 0.3) is 17.7 Å². The van der Waals surface area contributed by atoms with Crippen molar-refractivity contribution in [2.75, 3.05) is 39.3 Å². The van der Waals surface area contributed by atoms with Gasteiger partial charge in [0.2, 0.25) is 0 Å². The van der Waals surface area contributed by atoms with Crippen molar-refractivity contribution in [1.82, 2.24) is 19.7 Å². The SMILES string of the molecule is CCN(CC)C(=O)c1cc(C(=O)N2CCN(C(=O)c3ccco3)CC2)ccn1. The highest BCUT2D eigenvalue weighted by Crippen LogP contribution is 2.13. The zero-order valence-corrected chi connectivity index (χ0v) is 16.1. The Morgan fingerprint density at radius 2 is 1.68 bits per heavy atom. The Labute approximate surface area is 163 Å². The highest BCUT2D eigenvalue weighted by atomic mass is 16.3. The first-order valence-corrected chi connectivity index (χ1v) is 9.42. The van der Waals surface area contributed by atoms with Crippen LogP contribution in [0.2, 0.25) is 0 Å². The maximum atomic E-state index is 12.8. The third-order valence-corrected chi connectivity index (χ3v) is 4.86. The first kappa shape index (κ1) is 19.6. The van der Waals surface area contributed by atoms with Gasteiger partial charge in [0.15, 0.2) is 5.76 Å². The molecule has 0 saturated carbocycles. The van der Waals surface area contributed by atoms with Crippen LogP contribution in [-0.4, -0.2) is 76.7 Å². The van der Waals surface area contributed by atoms with Crippen molar-refractivity contribution in [1.29, 1.82) is 0 Å². The first-order valence-electron chi connectivity index (χ1n) is 9.42. The molecule has 1 aliphatic heterocycles. The second kappa shape index (κ2) is 8.69. The molecule has 1 aliphatic rings. The van der Waals surface area contributed by atoms with E-state index >= 15 is 0 Å². The van der Waals surface area contributed by atoms with E-state index in [0.717, 1.165) is 0 Å². The van der Waals surface area contributed by atoms with E-state index in [-0.39, 0.29) is 23.4 Å². The van der Waals surface area contributed by atoms with Crippen molar-refractivity contribution in [3.63, 3.8) is 0 Å². The predicted octanol–water partition coefficient (Wildman–Crippen LogP) is 1.75. The van der Waals surface area contributed by atoms with Crippen molar-refractivity contribution in [2.24, 2.45) is 0 Å². The minimum Gasteiger partial charge on any atom is -0.459 e. The molecule has 0 spiro atoms. The molecule has 1 saturated heterocycles. The Morgan fingerprint density at radius 3 is 2.25 bits per heavy atom. The molecule has 2 aromatic heterocycles. The van der Waals surface area contributed by atoms with Crippen molar-refractivity contribution in [2.45, 2.75) is 13.8 Å². The fourth-order valence-electron chi connectivity index (χ4n) is 3.20. The van der Waals surface area contributed by atoms with Gasteiger partial charge in [0.1, 0.15) is 5.69 Å². The van der Waals surface area contributed by atoms with E-state index in [1.807, 2.05) is 13.8 Å². The van der Waals surface area contributed by atoms with E-state index < -0.39 is 0 Å². The fraction of sp³-hybridized carbons (Fsp3) is 0.400. The van der Waals surface area contributed by atoms with Crippen molar-refractivity contribution in [3.8, 4) is 0 Å². The van der Waals surface area contributed by atoms with Crippen molar-refractivity contribution in [3.05, 3.63) is 53.7 Å². The number of carbonyl (C=O) groups excluding carboxylic acids is 3. The number of hydrogen-bond donors (Lipinski definition) is 0. The van der Waals surface area contributed by atoms with E-state index in [4.69, 9.17) is 4.42 Å². The highest BCUT2D eigenvalue weighted by Gasteiger charge is 2.27. The van der Waals surface area contributed by atoms with Crippen LogP contribution in [0.4, 0.5) is 0 Å². The summed E-state index contributed by atoms with van der Waals surface area (Å²) >= 11 is 0. The summed E-state index contributed by atoms with van der Waals surface area (Å²) < 4.78 is 5.15. The van der Waals surface area contributed by atoms with Crippen LogP contribution in [0.25, 0.3) is 0 Å². The van der Waals surface area contributed by atoms with Gasteiger partial charge in [-0.3, -0.25) is 19.4 Å². The quantitative estimate of drug-likeness (QED) is 0.784. The second-order valence-electron chi connectivity index (χ2n) is 6.47. The molecule has 8 heteroatoms. The maximum absolute atomic E-state index is 12.8. The van der Waals surface area contributed by atoms with Crippen LogP contribution >= 0.6 is 0 Å². The van der Waals surface area contributed by atoms with Crippen LogP contribution in [0.1, 0.15) is 45.2 Å². The zero-order chi connectivity index (χ0) is 20.1. The molecule has 3 heterocycles. The summed E-state index contributed by atoms with van der Waals surface area (Å²) in [4.78, 5) is 46.8. The second-order valence-corrected chi connectivity index (χ2v) is 6.47. The number of piperazine rings is 1. The molecule has 0 aliphatic carbocycles. The van der Waals surface area contributed by atoms with Crippen molar-refractivity contribution >= 4 is 17.7 Å². The monoisotopic (exact) mass is 384 g/mol. The number of furan rings is 1. The molecule has 0 aromatic carbocycles. The predicted molar refractivity (Wildman–Crippen MR) is 102 cm³/mol. The molecule has 0 radical (unpaired) electrons. The molecule has 3 rings (SSSR count). The molecule has 2 aromatic rings. The lowest BCUT2D eigenvalue weighted by molar-refractivity contribution is 0.0518. The molecular weight excluding hydrogens is 360 g/mol. The fourth-order valence-corrected chi connectivity index (χ4v) is 3.20. The number of pyridine rings is 1. The van der Waals surface area contributed by atoms with E-state index in [1.165, 1.54) is 12.5 Å². The molecule has 0 atom stereocenters. The van der Waals surface area contributed by atoms with E-state index in [2.05, 4.69) is 4.98 Å². The highest BCUT2D eigenvalue weighted by molar-refractivity contribution is 5.98. The third kappa shape index (κ3) is 4.05. The number of nitrogens with zero attached hydrogens (tertiary/aromatic N) is 4. The summed E-state index contributed by atoms with van der Waals surface area (Å²) in [5.74, 6) is -0.226. The van der Waals surface area contributed by atoms with Gasteiger partial charge in [0, 0.05) is 51.0 Å². The van der Waals surface area contributed by atoms with Gasteiger partial charge >= 0.3 is 0 Å². The first-order chi connectivity index (χ1) is 13.5. The lowest BCUT2D eigenvalue weighted by Gasteiger charge is -2.34. The van der Waals surface area contributed by atoms with Crippen LogP contribution in [0.5, 0.6) is 0 Å². The summed E-state index contributed by atoms with van der Waals surface area (Å²) in [5, 5.41) is 0. The average molecular weight is 384 g/mol. The number of hydrogen-bond acceptors (Lipinski definition) is 5. The molecule has 8 nitrogen and oxygen atoms in total. The number of aromatic nitrogens is 1. The minimum atomic E-state index is -0.187. The number of carbonyl (C=O) groups is 3. The molecule has 0 unspecified atom stereocenters. The summed E-state index contributed by atoms with van der Waals surface area (Å²) in [5.41, 5.74) is 0.692. The summed E-state index contributed by atoms with van der Waals surface area (Å²) in [7, 11) is 0. The van der Waals surface area contributed by atoms with Gasteiger partial charge in [0.05, 0.1) is 6.26 Å². The molecule has 0 bridgehead atoms. The zero-order valence-electron chi connectivity index (χ0n) is 16.1. The van der Waals surface area contributed by atoms with Crippen LogP contribution < -0.4 is 0 Å².